The van der Waals surface area contributed by atoms with Crippen LogP contribution in [-0.4, -0.2) is 18.4 Å². The van der Waals surface area contributed by atoms with Crippen molar-refractivity contribution in [2.45, 2.75) is 39.5 Å². The molecule has 3 nitrogen and oxygen atoms in total. The first-order valence-corrected chi connectivity index (χ1v) is 6.45. The third-order valence-electron chi connectivity index (χ3n) is 3.09. The van der Waals surface area contributed by atoms with E-state index in [-0.39, 0.29) is 6.61 Å². The second kappa shape index (κ2) is 6.94. The Bertz CT molecular complexity index is 402. The molecule has 0 amide bonds. The smallest absolute Gasteiger partial charge is 0.379 e. The number of benzene rings is 1. The zero-order chi connectivity index (χ0) is 13.5. The van der Waals surface area contributed by atoms with Gasteiger partial charge >= 0.3 is 5.97 Å². The zero-order valence-corrected chi connectivity index (χ0v) is 11.2. The molecule has 0 saturated carbocycles. The van der Waals surface area contributed by atoms with Gasteiger partial charge in [-0.2, -0.15) is 0 Å². The summed E-state index contributed by atoms with van der Waals surface area (Å²) in [5.74, 6) is -0.850. The molecule has 0 spiro atoms. The minimum Gasteiger partial charge on any atom is -0.460 e. The van der Waals surface area contributed by atoms with E-state index in [2.05, 4.69) is 18.6 Å². The van der Waals surface area contributed by atoms with Crippen molar-refractivity contribution in [3.8, 4) is 0 Å². The molecule has 0 aliphatic rings. The highest BCUT2D eigenvalue weighted by atomic mass is 16.5. The summed E-state index contributed by atoms with van der Waals surface area (Å²) in [5.41, 5.74) is 1.60. The molecule has 0 N–H and O–H groups in total. The van der Waals surface area contributed by atoms with Crippen molar-refractivity contribution in [1.29, 1.82) is 0 Å². The molecule has 0 saturated heterocycles. The molecule has 1 rings (SSSR count). The molecule has 0 fully saturated rings. The molecule has 0 heterocycles. The van der Waals surface area contributed by atoms with Gasteiger partial charge in [0.05, 0.1) is 6.61 Å². The first kappa shape index (κ1) is 14.4. The van der Waals surface area contributed by atoms with Crippen LogP contribution >= 0.6 is 0 Å². The normalized spacial score (nSPS) is 10.4. The van der Waals surface area contributed by atoms with Crippen molar-refractivity contribution < 1.29 is 14.3 Å². The van der Waals surface area contributed by atoms with Gasteiger partial charge in [0.15, 0.2) is 0 Å². The molecule has 1 aromatic rings. The van der Waals surface area contributed by atoms with Crippen LogP contribution < -0.4 is 0 Å². The van der Waals surface area contributed by atoms with Gasteiger partial charge in [-0.1, -0.05) is 38.1 Å². The Morgan fingerprint density at radius 3 is 2.06 bits per heavy atom. The minimum absolute atomic E-state index is 0.219. The van der Waals surface area contributed by atoms with E-state index in [4.69, 9.17) is 0 Å². The minimum atomic E-state index is -0.784. The van der Waals surface area contributed by atoms with Crippen LogP contribution in [0.15, 0.2) is 24.3 Å². The highest BCUT2D eigenvalue weighted by Crippen LogP contribution is 2.23. The average Bonchev–Trinajstić information content (AvgIpc) is 2.40. The van der Waals surface area contributed by atoms with Gasteiger partial charge in [-0.3, -0.25) is 4.79 Å². The fourth-order valence-corrected chi connectivity index (χ4v) is 1.98. The molecule has 0 unspecified atom stereocenters. The molecule has 0 radical (unpaired) electrons. The van der Waals surface area contributed by atoms with E-state index >= 15 is 0 Å². The predicted molar refractivity (Wildman–Crippen MR) is 70.7 cm³/mol. The van der Waals surface area contributed by atoms with Gasteiger partial charge in [-0.15, -0.1) is 0 Å². The van der Waals surface area contributed by atoms with Crippen LogP contribution in [0.5, 0.6) is 0 Å². The van der Waals surface area contributed by atoms with Crippen LogP contribution in [0.25, 0.3) is 0 Å². The average molecular weight is 248 g/mol. The van der Waals surface area contributed by atoms with E-state index in [1.54, 1.807) is 19.1 Å². The van der Waals surface area contributed by atoms with Crippen molar-refractivity contribution in [2.24, 2.45) is 0 Å². The lowest BCUT2D eigenvalue weighted by atomic mass is 9.93. The number of esters is 1. The number of rotatable bonds is 6. The van der Waals surface area contributed by atoms with Gasteiger partial charge in [-0.25, -0.2) is 4.79 Å². The van der Waals surface area contributed by atoms with Crippen molar-refractivity contribution >= 4 is 11.8 Å². The van der Waals surface area contributed by atoms with Gasteiger partial charge < -0.3 is 4.74 Å². The number of carbonyl (C=O) groups excluding carboxylic acids is 2. The van der Waals surface area contributed by atoms with E-state index in [0.717, 1.165) is 12.8 Å². The monoisotopic (exact) mass is 248 g/mol. The molecule has 0 aliphatic heterocycles. The summed E-state index contributed by atoms with van der Waals surface area (Å²) in [5, 5.41) is 0. The van der Waals surface area contributed by atoms with Crippen molar-refractivity contribution in [1.82, 2.24) is 0 Å². The van der Waals surface area contributed by atoms with Crippen LogP contribution in [0, 0.1) is 0 Å². The quantitative estimate of drug-likeness (QED) is 0.440. The Morgan fingerprint density at radius 1 is 1.06 bits per heavy atom. The van der Waals surface area contributed by atoms with Crippen LogP contribution in [0.1, 0.15) is 55.5 Å². The molecular weight excluding hydrogens is 228 g/mol. The maximum atomic E-state index is 11.7. The maximum absolute atomic E-state index is 11.7. The lowest BCUT2D eigenvalue weighted by Gasteiger charge is -2.12. The fraction of sp³-hybridized carbons (Fsp3) is 0.467. The number of hydrogen-bond acceptors (Lipinski definition) is 3. The van der Waals surface area contributed by atoms with Crippen molar-refractivity contribution in [3.63, 3.8) is 0 Å². The predicted octanol–water partition coefficient (Wildman–Crippen LogP) is 3.34. The molecule has 0 atom stereocenters. The van der Waals surface area contributed by atoms with Gasteiger partial charge in [0.1, 0.15) is 0 Å². The maximum Gasteiger partial charge on any atom is 0.379 e. The highest BCUT2D eigenvalue weighted by molar-refractivity contribution is 6.40. The highest BCUT2D eigenvalue weighted by Gasteiger charge is 2.17. The van der Waals surface area contributed by atoms with Gasteiger partial charge in [-0.05, 0) is 31.2 Å². The number of Topliss-reactive ketones (excluding diaryl/α,β-unsaturated/α-hetero) is 1. The number of hydrogen-bond donors (Lipinski definition) is 0. The Labute approximate surface area is 108 Å². The molecule has 0 bridgehead atoms. The summed E-state index contributed by atoms with van der Waals surface area (Å²) < 4.78 is 4.69. The number of ketones is 1. The SMILES string of the molecule is CCOC(=O)C(=O)c1ccc(C(CC)CC)cc1. The van der Waals surface area contributed by atoms with Crippen LogP contribution in [0.2, 0.25) is 0 Å². The van der Waals surface area contributed by atoms with E-state index in [1.165, 1.54) is 5.56 Å². The molecule has 18 heavy (non-hydrogen) atoms. The Hall–Kier alpha value is -1.64. The second-order valence-corrected chi connectivity index (χ2v) is 4.19. The van der Waals surface area contributed by atoms with Crippen LogP contribution in [-0.2, 0) is 9.53 Å². The summed E-state index contributed by atoms with van der Waals surface area (Å²) in [6, 6.07) is 7.24. The topological polar surface area (TPSA) is 43.4 Å². The second-order valence-electron chi connectivity index (χ2n) is 4.19. The lowest BCUT2D eigenvalue weighted by Crippen LogP contribution is -2.17. The van der Waals surface area contributed by atoms with Crippen molar-refractivity contribution in [3.05, 3.63) is 35.4 Å². The Morgan fingerprint density at radius 2 is 1.61 bits per heavy atom. The number of ether oxygens (including phenoxy) is 1. The molecular formula is C15H20O3. The summed E-state index contributed by atoms with van der Waals surface area (Å²) >= 11 is 0. The molecule has 0 aliphatic carbocycles. The van der Waals surface area contributed by atoms with E-state index < -0.39 is 11.8 Å². The largest absolute Gasteiger partial charge is 0.460 e. The van der Waals surface area contributed by atoms with Crippen LogP contribution in [0.3, 0.4) is 0 Å². The Balaban J connectivity index is 2.82. The molecule has 98 valence electrons. The summed E-state index contributed by atoms with van der Waals surface area (Å²) in [4.78, 5) is 23.0. The Kier molecular flexibility index (Phi) is 5.56. The van der Waals surface area contributed by atoms with E-state index in [1.807, 2.05) is 12.1 Å². The van der Waals surface area contributed by atoms with Gasteiger partial charge in [0, 0.05) is 5.56 Å². The molecule has 3 heteroatoms. The first-order valence-electron chi connectivity index (χ1n) is 6.45. The zero-order valence-electron chi connectivity index (χ0n) is 11.2. The van der Waals surface area contributed by atoms with E-state index in [0.29, 0.717) is 11.5 Å². The fourth-order valence-electron chi connectivity index (χ4n) is 1.98. The number of carbonyl (C=O) groups is 2. The molecule has 0 aromatic heterocycles. The first-order chi connectivity index (χ1) is 8.63. The van der Waals surface area contributed by atoms with E-state index in [9.17, 15) is 9.59 Å². The lowest BCUT2D eigenvalue weighted by molar-refractivity contribution is -0.137. The summed E-state index contributed by atoms with van der Waals surface area (Å²) in [6.07, 6.45) is 2.14. The summed E-state index contributed by atoms with van der Waals surface area (Å²) in [6.45, 7) is 6.19. The summed E-state index contributed by atoms with van der Waals surface area (Å²) in [7, 11) is 0. The molecule has 1 aromatic carbocycles. The third-order valence-corrected chi connectivity index (χ3v) is 3.09. The van der Waals surface area contributed by atoms with Crippen LogP contribution in [0.4, 0.5) is 0 Å². The van der Waals surface area contributed by atoms with Crippen molar-refractivity contribution in [2.75, 3.05) is 6.61 Å². The third kappa shape index (κ3) is 3.42. The standard InChI is InChI=1S/C15H20O3/c1-4-11(5-2)12-7-9-13(10-8-12)14(16)15(17)18-6-3/h7-11H,4-6H2,1-3H3. The van der Waals surface area contributed by atoms with Gasteiger partial charge in [0.2, 0.25) is 0 Å². The van der Waals surface area contributed by atoms with Gasteiger partial charge in [0.25, 0.3) is 5.78 Å².